The van der Waals surface area contributed by atoms with Gasteiger partial charge in [0.05, 0.1) is 5.56 Å². The third kappa shape index (κ3) is 4.81. The number of hydrogen-bond donors (Lipinski definition) is 2. The van der Waals surface area contributed by atoms with E-state index < -0.39 is 11.6 Å². The van der Waals surface area contributed by atoms with Crippen molar-refractivity contribution in [2.45, 2.75) is 59.5 Å². The molecule has 2 aliphatic heterocycles. The maximum atomic E-state index is 13.0. The van der Waals surface area contributed by atoms with Crippen molar-refractivity contribution in [3.63, 3.8) is 0 Å². The van der Waals surface area contributed by atoms with Crippen LogP contribution in [0.25, 0.3) is 6.08 Å². The molecule has 2 aromatic carbocycles. The van der Waals surface area contributed by atoms with Gasteiger partial charge in [-0.3, -0.25) is 0 Å². The maximum Gasteiger partial charge on any atom is 0.347 e. The van der Waals surface area contributed by atoms with Crippen LogP contribution in [0.2, 0.25) is 0 Å². The summed E-state index contributed by atoms with van der Waals surface area (Å²) in [5, 5.41) is 21.1. The molecule has 0 spiro atoms. The van der Waals surface area contributed by atoms with Crippen LogP contribution in [0, 0.1) is 0 Å². The summed E-state index contributed by atoms with van der Waals surface area (Å²) in [6.07, 6.45) is 10.2. The summed E-state index contributed by atoms with van der Waals surface area (Å²) in [5.41, 5.74) is 3.10. The van der Waals surface area contributed by atoms with Gasteiger partial charge in [0.1, 0.15) is 22.7 Å². The van der Waals surface area contributed by atoms with Crippen molar-refractivity contribution < 1.29 is 29.2 Å². The molecule has 0 radical (unpaired) electrons. The van der Waals surface area contributed by atoms with Gasteiger partial charge in [0.15, 0.2) is 23.0 Å². The molecule has 178 valence electrons. The van der Waals surface area contributed by atoms with Crippen molar-refractivity contribution in [1.82, 2.24) is 0 Å². The Labute approximate surface area is 199 Å². The second-order valence-corrected chi connectivity index (χ2v) is 9.55. The van der Waals surface area contributed by atoms with E-state index in [-0.39, 0.29) is 40.1 Å². The third-order valence-electron chi connectivity index (χ3n) is 5.81. The van der Waals surface area contributed by atoms with Crippen LogP contribution in [0.15, 0.2) is 47.6 Å². The Balaban J connectivity index is 1.64. The lowest BCUT2D eigenvalue weighted by atomic mass is 10.0. The Morgan fingerprint density at radius 2 is 1.71 bits per heavy atom. The van der Waals surface area contributed by atoms with Crippen molar-refractivity contribution in [3.8, 4) is 34.5 Å². The van der Waals surface area contributed by atoms with Crippen molar-refractivity contribution in [3.05, 3.63) is 64.3 Å². The number of hydrogen-bond acceptors (Lipinski definition) is 6. The van der Waals surface area contributed by atoms with E-state index in [0.717, 1.165) is 12.8 Å². The second kappa shape index (κ2) is 8.93. The van der Waals surface area contributed by atoms with Crippen molar-refractivity contribution in [2.24, 2.45) is 0 Å². The number of esters is 1. The fourth-order valence-corrected chi connectivity index (χ4v) is 3.91. The van der Waals surface area contributed by atoms with E-state index in [9.17, 15) is 15.0 Å². The first-order valence-electron chi connectivity index (χ1n) is 11.4. The topological polar surface area (TPSA) is 85.2 Å². The summed E-state index contributed by atoms with van der Waals surface area (Å²) in [6.45, 7) is 9.93. The van der Waals surface area contributed by atoms with Crippen molar-refractivity contribution >= 4 is 12.0 Å². The predicted octanol–water partition coefficient (Wildman–Crippen LogP) is 6.84. The highest BCUT2D eigenvalue weighted by Crippen LogP contribution is 2.51. The van der Waals surface area contributed by atoms with Crippen LogP contribution in [0.1, 0.15) is 68.9 Å². The van der Waals surface area contributed by atoms with Gasteiger partial charge in [-0.2, -0.15) is 0 Å². The molecule has 0 atom stereocenters. The largest absolute Gasteiger partial charge is 0.508 e. The number of phenolic OH excluding ortho intramolecular Hbond substituents is 2. The molecule has 34 heavy (non-hydrogen) atoms. The molecule has 2 aromatic rings. The molecule has 0 saturated heterocycles. The lowest BCUT2D eigenvalue weighted by Gasteiger charge is -2.29. The Bertz CT molecular complexity index is 1240. The number of carbonyl (C=O) groups is 1. The molecule has 0 unspecified atom stereocenters. The van der Waals surface area contributed by atoms with E-state index in [4.69, 9.17) is 14.2 Å². The number of benzene rings is 2. The van der Waals surface area contributed by atoms with E-state index in [1.165, 1.54) is 23.3 Å². The summed E-state index contributed by atoms with van der Waals surface area (Å²) in [5.74, 6) is 0.0110. The fraction of sp³-hybridized carbons (Fsp3) is 0.321. The molecule has 2 N–H and O–H groups in total. The molecule has 4 rings (SSSR count). The third-order valence-corrected chi connectivity index (χ3v) is 5.81. The SMILES string of the molecule is CC(C)=CCC/C(C)=C/Cc1cc2c(cc1O)Oc1cc(O)c3c(c1OC2=O)C=CC(C)(C)O3. The summed E-state index contributed by atoms with van der Waals surface area (Å²) < 4.78 is 17.5. The molecule has 0 aromatic heterocycles. The molecule has 0 fully saturated rings. The van der Waals surface area contributed by atoms with Crippen LogP contribution in [-0.2, 0) is 6.42 Å². The summed E-state index contributed by atoms with van der Waals surface area (Å²) in [6, 6.07) is 4.37. The zero-order valence-electron chi connectivity index (χ0n) is 20.2. The monoisotopic (exact) mass is 462 g/mol. The van der Waals surface area contributed by atoms with Crippen LogP contribution in [0.3, 0.4) is 0 Å². The summed E-state index contributed by atoms with van der Waals surface area (Å²) in [4.78, 5) is 13.0. The fourth-order valence-electron chi connectivity index (χ4n) is 3.91. The Morgan fingerprint density at radius 1 is 0.971 bits per heavy atom. The number of fused-ring (bicyclic) bond motifs is 4. The minimum absolute atomic E-state index is 0.0236. The van der Waals surface area contributed by atoms with Gasteiger partial charge in [-0.25, -0.2) is 4.79 Å². The van der Waals surface area contributed by atoms with Crippen molar-refractivity contribution in [1.29, 1.82) is 0 Å². The van der Waals surface area contributed by atoms with E-state index >= 15 is 0 Å². The van der Waals surface area contributed by atoms with Gasteiger partial charge >= 0.3 is 5.97 Å². The van der Waals surface area contributed by atoms with Gasteiger partial charge in [0.2, 0.25) is 0 Å². The Morgan fingerprint density at radius 3 is 2.44 bits per heavy atom. The van der Waals surface area contributed by atoms with Gasteiger partial charge in [-0.1, -0.05) is 23.3 Å². The first-order valence-corrected chi connectivity index (χ1v) is 11.4. The van der Waals surface area contributed by atoms with Crippen LogP contribution in [0.4, 0.5) is 0 Å². The predicted molar refractivity (Wildman–Crippen MR) is 131 cm³/mol. The first kappa shape index (κ1) is 23.5. The highest BCUT2D eigenvalue weighted by Gasteiger charge is 2.33. The first-order chi connectivity index (χ1) is 16.0. The summed E-state index contributed by atoms with van der Waals surface area (Å²) in [7, 11) is 0. The molecule has 0 saturated carbocycles. The zero-order chi connectivity index (χ0) is 24.6. The molecular weight excluding hydrogens is 432 g/mol. The molecule has 0 bridgehead atoms. The average Bonchev–Trinajstić information content (AvgIpc) is 2.87. The van der Waals surface area contributed by atoms with E-state index in [1.54, 1.807) is 12.1 Å². The number of carbonyl (C=O) groups excluding carboxylic acids is 1. The average molecular weight is 463 g/mol. The van der Waals surface area contributed by atoms with Gasteiger partial charge in [-0.15, -0.1) is 0 Å². The van der Waals surface area contributed by atoms with Gasteiger partial charge in [-0.05, 0) is 77.7 Å². The van der Waals surface area contributed by atoms with Gasteiger partial charge in [0, 0.05) is 12.1 Å². The molecule has 0 aliphatic carbocycles. The highest BCUT2D eigenvalue weighted by atomic mass is 16.6. The van der Waals surface area contributed by atoms with Crippen LogP contribution in [-0.4, -0.2) is 21.8 Å². The van der Waals surface area contributed by atoms with Crippen LogP contribution >= 0.6 is 0 Å². The Hall–Kier alpha value is -3.67. The van der Waals surface area contributed by atoms with Gasteiger partial charge < -0.3 is 24.4 Å². The van der Waals surface area contributed by atoms with Gasteiger partial charge in [0.25, 0.3) is 0 Å². The molecule has 2 heterocycles. The minimum Gasteiger partial charge on any atom is -0.508 e. The maximum absolute atomic E-state index is 13.0. The zero-order valence-corrected chi connectivity index (χ0v) is 20.2. The highest BCUT2D eigenvalue weighted by molar-refractivity contribution is 5.97. The minimum atomic E-state index is -0.616. The molecule has 2 aliphatic rings. The molecule has 0 amide bonds. The van der Waals surface area contributed by atoms with Crippen molar-refractivity contribution in [2.75, 3.05) is 0 Å². The van der Waals surface area contributed by atoms with E-state index in [0.29, 0.717) is 17.5 Å². The molecule has 6 heteroatoms. The number of phenols is 2. The number of rotatable bonds is 5. The smallest absolute Gasteiger partial charge is 0.347 e. The lowest BCUT2D eigenvalue weighted by molar-refractivity contribution is 0.0735. The number of aromatic hydroxyl groups is 2. The molecular formula is C28H30O6. The van der Waals surface area contributed by atoms with E-state index in [1.807, 2.05) is 19.9 Å². The quantitative estimate of drug-likeness (QED) is 0.287. The van der Waals surface area contributed by atoms with Crippen LogP contribution in [0.5, 0.6) is 34.5 Å². The van der Waals surface area contributed by atoms with Crippen LogP contribution < -0.4 is 14.2 Å². The standard InChI is InChI=1S/C28H30O6/c1-16(2)7-6-8-17(3)9-10-18-13-20-23(14-21(18)29)32-24-15-22(30)25-19(26(24)33-27(20)31)11-12-28(4,5)34-25/h7,9,11-15,29-30H,6,8,10H2,1-5H3/b17-9+. The number of allylic oxidation sites excluding steroid dienone is 4. The number of ether oxygens (including phenoxy) is 3. The second-order valence-electron chi connectivity index (χ2n) is 9.55. The lowest BCUT2D eigenvalue weighted by Crippen LogP contribution is -2.27. The summed E-state index contributed by atoms with van der Waals surface area (Å²) >= 11 is 0. The molecule has 6 nitrogen and oxygen atoms in total. The van der Waals surface area contributed by atoms with E-state index in [2.05, 4.69) is 32.9 Å². The normalized spacial score (nSPS) is 15.7. The Kier molecular flexibility index (Phi) is 6.17.